The van der Waals surface area contributed by atoms with Gasteiger partial charge >= 0.3 is 5.97 Å². The fraction of sp³-hybridized carbons (Fsp3) is 0.467. The van der Waals surface area contributed by atoms with Gasteiger partial charge in [-0.1, -0.05) is 31.0 Å². The van der Waals surface area contributed by atoms with Crippen molar-refractivity contribution in [3.05, 3.63) is 39.9 Å². The van der Waals surface area contributed by atoms with Crippen molar-refractivity contribution in [1.82, 2.24) is 5.32 Å². The Labute approximate surface area is 127 Å². The van der Waals surface area contributed by atoms with Crippen molar-refractivity contribution in [3.63, 3.8) is 0 Å². The van der Waals surface area contributed by atoms with Crippen LogP contribution >= 0.6 is 0 Å². The van der Waals surface area contributed by atoms with Crippen molar-refractivity contribution in [2.75, 3.05) is 0 Å². The van der Waals surface area contributed by atoms with Gasteiger partial charge in [-0.05, 0) is 12.8 Å². The van der Waals surface area contributed by atoms with Crippen LogP contribution in [-0.2, 0) is 16.0 Å². The molecular weight excluding hydrogens is 288 g/mol. The van der Waals surface area contributed by atoms with Crippen LogP contribution in [-0.4, -0.2) is 27.9 Å². The highest BCUT2D eigenvalue weighted by Crippen LogP contribution is 2.25. The van der Waals surface area contributed by atoms with E-state index in [0.717, 1.165) is 12.8 Å². The molecule has 1 aromatic rings. The summed E-state index contributed by atoms with van der Waals surface area (Å²) in [5.41, 5.74) is 0.226. The van der Waals surface area contributed by atoms with E-state index < -0.39 is 22.9 Å². The van der Waals surface area contributed by atoms with E-state index in [1.807, 2.05) is 0 Å². The molecule has 2 unspecified atom stereocenters. The van der Waals surface area contributed by atoms with Crippen LogP contribution in [0.1, 0.15) is 31.2 Å². The number of aliphatic carboxylic acids is 1. The van der Waals surface area contributed by atoms with Gasteiger partial charge in [0.15, 0.2) is 0 Å². The van der Waals surface area contributed by atoms with Crippen LogP contribution in [0.4, 0.5) is 5.69 Å². The number of amides is 1. The number of benzene rings is 1. The van der Waals surface area contributed by atoms with Gasteiger partial charge in [-0.15, -0.1) is 0 Å². The van der Waals surface area contributed by atoms with Crippen molar-refractivity contribution in [2.45, 2.75) is 38.1 Å². The smallest absolute Gasteiger partial charge is 0.308 e. The molecule has 0 spiro atoms. The Bertz CT molecular complexity index is 587. The average Bonchev–Trinajstić information content (AvgIpc) is 2.47. The Balaban J connectivity index is 2.04. The van der Waals surface area contributed by atoms with E-state index in [1.54, 1.807) is 12.1 Å². The molecule has 0 aromatic heterocycles. The van der Waals surface area contributed by atoms with Gasteiger partial charge in [0.25, 0.3) is 5.69 Å². The van der Waals surface area contributed by atoms with Crippen LogP contribution in [0.3, 0.4) is 0 Å². The van der Waals surface area contributed by atoms with Gasteiger partial charge in [0.2, 0.25) is 5.91 Å². The zero-order chi connectivity index (χ0) is 16.1. The quantitative estimate of drug-likeness (QED) is 0.637. The van der Waals surface area contributed by atoms with Gasteiger partial charge in [-0.3, -0.25) is 19.7 Å². The molecule has 1 fully saturated rings. The molecule has 7 heteroatoms. The fourth-order valence-electron chi connectivity index (χ4n) is 2.87. The first-order valence-electron chi connectivity index (χ1n) is 7.23. The Kier molecular flexibility index (Phi) is 5.08. The van der Waals surface area contributed by atoms with E-state index in [0.29, 0.717) is 18.4 Å². The maximum absolute atomic E-state index is 12.1. The molecule has 118 valence electrons. The number of nitrogens with zero attached hydrogens (tertiary/aromatic N) is 1. The molecule has 22 heavy (non-hydrogen) atoms. The van der Waals surface area contributed by atoms with Crippen LogP contribution in [0.2, 0.25) is 0 Å². The standard InChI is InChI=1S/C15H18N2O5/c18-14(9-10-5-1-4-8-13(10)17(21)22)16-12-7-3-2-6-11(12)15(19)20/h1,4-5,8,11-12H,2-3,6-7,9H2,(H,16,18)(H,19,20). The van der Waals surface area contributed by atoms with Crippen LogP contribution in [0.5, 0.6) is 0 Å². The lowest BCUT2D eigenvalue weighted by Crippen LogP contribution is -2.45. The Morgan fingerprint density at radius 1 is 1.27 bits per heavy atom. The SMILES string of the molecule is O=C(Cc1ccccc1[N+](=O)[O-])NC1CCCCC1C(=O)O. The van der Waals surface area contributed by atoms with Crippen LogP contribution in [0.25, 0.3) is 0 Å². The summed E-state index contributed by atoms with van der Waals surface area (Å²) < 4.78 is 0. The topological polar surface area (TPSA) is 110 Å². The zero-order valence-electron chi connectivity index (χ0n) is 12.0. The minimum atomic E-state index is -0.907. The number of hydrogen-bond acceptors (Lipinski definition) is 4. The Morgan fingerprint density at radius 2 is 1.95 bits per heavy atom. The Morgan fingerprint density at radius 3 is 2.64 bits per heavy atom. The van der Waals surface area contributed by atoms with Crippen LogP contribution in [0.15, 0.2) is 24.3 Å². The summed E-state index contributed by atoms with van der Waals surface area (Å²) in [6.07, 6.45) is 2.76. The third-order valence-electron chi connectivity index (χ3n) is 3.97. The van der Waals surface area contributed by atoms with E-state index in [4.69, 9.17) is 0 Å². The van der Waals surface area contributed by atoms with Crippen LogP contribution in [0, 0.1) is 16.0 Å². The second-order valence-electron chi connectivity index (χ2n) is 5.47. The fourth-order valence-corrected chi connectivity index (χ4v) is 2.87. The molecule has 1 aromatic carbocycles. The van der Waals surface area contributed by atoms with Gasteiger partial charge < -0.3 is 10.4 Å². The molecule has 0 heterocycles. The van der Waals surface area contributed by atoms with Crippen molar-refractivity contribution >= 4 is 17.6 Å². The van der Waals surface area contributed by atoms with Crippen molar-refractivity contribution in [2.24, 2.45) is 5.92 Å². The summed E-state index contributed by atoms with van der Waals surface area (Å²) in [7, 11) is 0. The molecule has 1 amide bonds. The maximum Gasteiger partial charge on any atom is 0.308 e. The van der Waals surface area contributed by atoms with Crippen molar-refractivity contribution < 1.29 is 19.6 Å². The first kappa shape index (κ1) is 15.9. The molecule has 7 nitrogen and oxygen atoms in total. The summed E-state index contributed by atoms with van der Waals surface area (Å²) >= 11 is 0. The first-order valence-corrected chi connectivity index (χ1v) is 7.23. The highest BCUT2D eigenvalue weighted by molar-refractivity contribution is 5.81. The number of rotatable bonds is 5. The predicted molar refractivity (Wildman–Crippen MR) is 78.3 cm³/mol. The normalized spacial score (nSPS) is 21.1. The van der Waals surface area contributed by atoms with E-state index in [2.05, 4.69) is 5.32 Å². The third-order valence-corrected chi connectivity index (χ3v) is 3.97. The summed E-state index contributed by atoms with van der Waals surface area (Å²) in [6.45, 7) is 0. The van der Waals surface area contributed by atoms with Crippen molar-refractivity contribution in [1.29, 1.82) is 0 Å². The number of carbonyl (C=O) groups is 2. The molecule has 1 aliphatic carbocycles. The Hall–Kier alpha value is -2.44. The molecule has 0 bridgehead atoms. The summed E-state index contributed by atoms with van der Waals surface area (Å²) in [6, 6.07) is 5.66. The largest absolute Gasteiger partial charge is 0.481 e. The number of nitro benzene ring substituents is 1. The van der Waals surface area contributed by atoms with Gasteiger partial charge in [-0.2, -0.15) is 0 Å². The van der Waals surface area contributed by atoms with E-state index in [9.17, 15) is 24.8 Å². The minimum Gasteiger partial charge on any atom is -0.481 e. The number of carboxylic acids is 1. The summed E-state index contributed by atoms with van der Waals surface area (Å²) in [4.78, 5) is 33.7. The van der Waals surface area contributed by atoms with E-state index in [1.165, 1.54) is 12.1 Å². The zero-order valence-corrected chi connectivity index (χ0v) is 12.0. The number of carboxylic acid groups (broad SMARTS) is 1. The lowest BCUT2D eigenvalue weighted by molar-refractivity contribution is -0.385. The average molecular weight is 306 g/mol. The molecular formula is C15H18N2O5. The number of hydrogen-bond donors (Lipinski definition) is 2. The van der Waals surface area contributed by atoms with E-state index in [-0.39, 0.29) is 18.0 Å². The highest BCUT2D eigenvalue weighted by Gasteiger charge is 2.32. The predicted octanol–water partition coefficient (Wildman–Crippen LogP) is 1.90. The monoisotopic (exact) mass is 306 g/mol. The minimum absolute atomic E-state index is 0.101. The molecule has 0 saturated heterocycles. The van der Waals surface area contributed by atoms with E-state index >= 15 is 0 Å². The molecule has 1 aliphatic rings. The van der Waals surface area contributed by atoms with Crippen molar-refractivity contribution in [3.8, 4) is 0 Å². The second kappa shape index (κ2) is 7.02. The first-order chi connectivity index (χ1) is 10.5. The maximum atomic E-state index is 12.1. The van der Waals surface area contributed by atoms with Gasteiger partial charge in [-0.25, -0.2) is 0 Å². The number of nitrogens with one attached hydrogen (secondary N) is 1. The number of carbonyl (C=O) groups excluding carboxylic acids is 1. The lowest BCUT2D eigenvalue weighted by Gasteiger charge is -2.29. The molecule has 2 atom stereocenters. The second-order valence-corrected chi connectivity index (χ2v) is 5.47. The van der Waals surface area contributed by atoms with Gasteiger partial charge in [0, 0.05) is 17.7 Å². The molecule has 0 aliphatic heterocycles. The molecule has 2 rings (SSSR count). The van der Waals surface area contributed by atoms with Crippen LogP contribution < -0.4 is 5.32 Å². The molecule has 2 N–H and O–H groups in total. The van der Waals surface area contributed by atoms with Gasteiger partial charge in [0.1, 0.15) is 0 Å². The summed E-state index contributed by atoms with van der Waals surface area (Å²) in [5.74, 6) is -1.87. The van der Waals surface area contributed by atoms with Gasteiger partial charge in [0.05, 0.1) is 17.3 Å². The summed E-state index contributed by atoms with van der Waals surface area (Å²) in [5, 5.41) is 22.8. The molecule has 0 radical (unpaired) electrons. The number of para-hydroxylation sites is 1. The highest BCUT2D eigenvalue weighted by atomic mass is 16.6. The number of nitro groups is 1. The lowest BCUT2D eigenvalue weighted by atomic mass is 9.84. The molecule has 1 saturated carbocycles. The third kappa shape index (κ3) is 3.81.